The molecule has 0 radical (unpaired) electrons. The summed E-state index contributed by atoms with van der Waals surface area (Å²) in [5, 5.41) is 44.1. The number of rotatable bonds is 3. The van der Waals surface area contributed by atoms with E-state index in [1.165, 1.54) is 11.0 Å². The lowest BCUT2D eigenvalue weighted by atomic mass is 9.57. The lowest BCUT2D eigenvalue weighted by Crippen LogP contribution is -2.65. The number of likely N-dealkylation sites (N-methyl/N-ethyl adjacent to an activating group) is 1. The van der Waals surface area contributed by atoms with E-state index < -0.39 is 57.9 Å². The summed E-state index contributed by atoms with van der Waals surface area (Å²) in [7, 11) is 6.85. The van der Waals surface area contributed by atoms with Gasteiger partial charge in [-0.25, -0.2) is 0 Å². The average Bonchev–Trinajstić information content (AvgIpc) is 2.70. The van der Waals surface area contributed by atoms with Gasteiger partial charge in [-0.1, -0.05) is 0 Å². The number of carbonyl (C=O) groups is 3. The van der Waals surface area contributed by atoms with Gasteiger partial charge in [0.1, 0.15) is 22.8 Å². The Kier molecular flexibility index (Phi) is 5.18. The number of aliphatic hydroxyl groups excluding tert-OH is 2. The molecule has 9 nitrogen and oxygen atoms in total. The maximum absolute atomic E-state index is 13.7. The van der Waals surface area contributed by atoms with Crippen LogP contribution in [0.15, 0.2) is 29.0 Å². The van der Waals surface area contributed by atoms with Gasteiger partial charge in [0.25, 0.3) is 0 Å². The van der Waals surface area contributed by atoms with E-state index in [-0.39, 0.29) is 29.7 Å². The molecule has 4 atom stereocenters. The topological polar surface area (TPSA) is 139 Å². The van der Waals surface area contributed by atoms with Gasteiger partial charge >= 0.3 is 0 Å². The summed E-state index contributed by atoms with van der Waals surface area (Å²) in [5.74, 6) is -5.60. The second-order valence-corrected chi connectivity index (χ2v) is 9.51. The highest BCUT2D eigenvalue weighted by atomic mass is 16.3. The third-order valence-electron chi connectivity index (χ3n) is 7.17. The van der Waals surface area contributed by atoms with E-state index in [0.717, 1.165) is 12.6 Å². The van der Waals surface area contributed by atoms with E-state index in [1.54, 1.807) is 20.2 Å². The molecule has 3 aliphatic rings. The Labute approximate surface area is 191 Å². The van der Waals surface area contributed by atoms with Crippen molar-refractivity contribution in [1.82, 2.24) is 4.90 Å². The van der Waals surface area contributed by atoms with Crippen LogP contribution in [0.25, 0.3) is 5.76 Å². The van der Waals surface area contributed by atoms with Crippen molar-refractivity contribution in [3.8, 4) is 5.75 Å². The second kappa shape index (κ2) is 7.43. The van der Waals surface area contributed by atoms with Gasteiger partial charge < -0.3 is 25.3 Å². The van der Waals surface area contributed by atoms with E-state index in [2.05, 4.69) is 0 Å². The molecule has 3 aliphatic carbocycles. The number of anilines is 1. The Bertz CT molecular complexity index is 1160. The van der Waals surface area contributed by atoms with E-state index in [4.69, 9.17) is 0 Å². The number of phenolic OH excluding ortho intramolecular Hbond substituents is 1. The number of Topliss-reactive ketones (excluding diaryl/α,β-unsaturated/α-hetero) is 3. The van der Waals surface area contributed by atoms with Crippen molar-refractivity contribution in [2.45, 2.75) is 31.4 Å². The monoisotopic (exact) mass is 456 g/mol. The van der Waals surface area contributed by atoms with Gasteiger partial charge in [-0.2, -0.15) is 0 Å². The zero-order chi connectivity index (χ0) is 24.6. The van der Waals surface area contributed by atoms with Crippen molar-refractivity contribution >= 4 is 28.8 Å². The highest BCUT2D eigenvalue weighted by Crippen LogP contribution is 2.53. The first-order valence-corrected chi connectivity index (χ1v) is 10.7. The summed E-state index contributed by atoms with van der Waals surface area (Å²) < 4.78 is 0. The zero-order valence-corrected chi connectivity index (χ0v) is 19.2. The molecule has 0 amide bonds. The molecule has 4 rings (SSSR count). The van der Waals surface area contributed by atoms with Crippen LogP contribution in [0.3, 0.4) is 0 Å². The van der Waals surface area contributed by atoms with Crippen molar-refractivity contribution in [1.29, 1.82) is 0 Å². The van der Waals surface area contributed by atoms with Gasteiger partial charge in [-0.3, -0.25) is 19.3 Å². The Balaban J connectivity index is 1.99. The summed E-state index contributed by atoms with van der Waals surface area (Å²) in [6, 6.07) is 2.12. The van der Waals surface area contributed by atoms with E-state index in [1.807, 2.05) is 19.0 Å². The third-order valence-corrected chi connectivity index (χ3v) is 7.17. The molecule has 0 aromatic heterocycles. The highest BCUT2D eigenvalue weighted by Gasteiger charge is 2.64. The first-order chi connectivity index (χ1) is 15.3. The molecular formula is C24H28N2O7. The SMILES string of the molecule is CC(=O)C1=C(O)[C@@]2(O)C(=O)C3=C(O)c4c(O)ccc(N(C)C)c4CC3CC2[C@H](N(C)C)C1=O. The number of ketones is 3. The van der Waals surface area contributed by atoms with Crippen LogP contribution in [0.4, 0.5) is 5.69 Å². The van der Waals surface area contributed by atoms with Crippen molar-refractivity contribution in [2.24, 2.45) is 11.8 Å². The summed E-state index contributed by atoms with van der Waals surface area (Å²) >= 11 is 0. The number of nitrogens with zero attached hydrogens (tertiary/aromatic N) is 2. The number of hydrogen-bond donors (Lipinski definition) is 4. The van der Waals surface area contributed by atoms with Crippen LogP contribution < -0.4 is 4.90 Å². The minimum Gasteiger partial charge on any atom is -0.508 e. The zero-order valence-electron chi connectivity index (χ0n) is 19.2. The molecule has 1 aromatic rings. The van der Waals surface area contributed by atoms with Crippen LogP contribution >= 0.6 is 0 Å². The molecule has 0 bridgehead atoms. The maximum atomic E-state index is 13.7. The number of aromatic hydroxyl groups is 1. The number of hydrogen-bond acceptors (Lipinski definition) is 9. The van der Waals surface area contributed by atoms with Gasteiger partial charge in [0.2, 0.25) is 5.78 Å². The van der Waals surface area contributed by atoms with Crippen molar-refractivity contribution in [3.05, 3.63) is 40.2 Å². The fourth-order valence-electron chi connectivity index (χ4n) is 5.75. The molecule has 1 fully saturated rings. The normalized spacial score (nSPS) is 29.1. The standard InChI is InChI=1S/C24H28N2O7/c1-10(27)16-21(30)19(26(4)5)13-9-11-8-12-14(25(2)3)6-7-15(28)18(12)20(29)17(11)23(32)24(13,33)22(16)31/h6-7,11,13,19,28-29,31,33H,8-9H2,1-5H3/t11?,13?,19-,24+/m0/s1. The van der Waals surface area contributed by atoms with Crippen LogP contribution in [-0.4, -0.2) is 82.5 Å². The van der Waals surface area contributed by atoms with E-state index >= 15 is 0 Å². The van der Waals surface area contributed by atoms with E-state index in [9.17, 15) is 34.8 Å². The Hall–Kier alpha value is -3.17. The summed E-state index contributed by atoms with van der Waals surface area (Å²) in [6.45, 7) is 1.09. The molecule has 9 heteroatoms. The molecule has 0 saturated heterocycles. The molecule has 0 heterocycles. The molecule has 33 heavy (non-hydrogen) atoms. The Morgan fingerprint density at radius 1 is 1.09 bits per heavy atom. The van der Waals surface area contributed by atoms with Crippen molar-refractivity contribution in [3.63, 3.8) is 0 Å². The number of carbonyl (C=O) groups excluding carboxylic acids is 3. The number of benzene rings is 1. The van der Waals surface area contributed by atoms with Gasteiger partial charge in [0.05, 0.1) is 11.6 Å². The predicted octanol–water partition coefficient (Wildman–Crippen LogP) is 1.13. The van der Waals surface area contributed by atoms with Crippen LogP contribution in [0.1, 0.15) is 24.5 Å². The molecule has 1 saturated carbocycles. The van der Waals surface area contributed by atoms with Crippen LogP contribution in [0.5, 0.6) is 5.75 Å². The minimum atomic E-state index is -2.55. The minimum absolute atomic E-state index is 0.105. The largest absolute Gasteiger partial charge is 0.508 e. The Morgan fingerprint density at radius 3 is 2.27 bits per heavy atom. The quantitative estimate of drug-likeness (QED) is 0.493. The molecule has 2 unspecified atom stereocenters. The second-order valence-electron chi connectivity index (χ2n) is 9.51. The summed E-state index contributed by atoms with van der Waals surface area (Å²) in [5.41, 5.74) is -1.75. The lowest BCUT2D eigenvalue weighted by molar-refractivity contribution is -0.153. The van der Waals surface area contributed by atoms with Crippen molar-refractivity contribution in [2.75, 3.05) is 33.1 Å². The third kappa shape index (κ3) is 2.95. The summed E-state index contributed by atoms with van der Waals surface area (Å²) in [6.07, 6.45) is 0.390. The van der Waals surface area contributed by atoms with Crippen LogP contribution in [-0.2, 0) is 20.8 Å². The number of phenols is 1. The van der Waals surface area contributed by atoms with Crippen LogP contribution in [0, 0.1) is 11.8 Å². The number of aliphatic hydroxyl groups is 3. The van der Waals surface area contributed by atoms with Crippen LogP contribution in [0.2, 0.25) is 0 Å². The van der Waals surface area contributed by atoms with Gasteiger partial charge in [-0.05, 0) is 57.5 Å². The first kappa shape index (κ1) is 23.0. The average molecular weight is 456 g/mol. The Morgan fingerprint density at radius 2 is 1.73 bits per heavy atom. The van der Waals surface area contributed by atoms with Gasteiger partial charge in [0, 0.05) is 31.3 Å². The maximum Gasteiger partial charge on any atom is 0.202 e. The smallest absolute Gasteiger partial charge is 0.202 e. The molecular weight excluding hydrogens is 428 g/mol. The van der Waals surface area contributed by atoms with Gasteiger partial charge in [0.15, 0.2) is 17.2 Å². The molecule has 1 aromatic carbocycles. The highest BCUT2D eigenvalue weighted by molar-refractivity contribution is 6.25. The molecule has 0 spiro atoms. The fourth-order valence-corrected chi connectivity index (χ4v) is 5.75. The lowest BCUT2D eigenvalue weighted by Gasteiger charge is -2.50. The number of fused-ring (bicyclic) bond motifs is 3. The van der Waals surface area contributed by atoms with Gasteiger partial charge in [-0.15, -0.1) is 0 Å². The molecule has 0 aliphatic heterocycles. The van der Waals surface area contributed by atoms with E-state index in [0.29, 0.717) is 5.56 Å². The predicted molar refractivity (Wildman–Crippen MR) is 120 cm³/mol. The summed E-state index contributed by atoms with van der Waals surface area (Å²) in [4.78, 5) is 42.4. The van der Waals surface area contributed by atoms with Crippen molar-refractivity contribution < 1.29 is 34.8 Å². The first-order valence-electron chi connectivity index (χ1n) is 10.7. The fraction of sp³-hybridized carbons (Fsp3) is 0.458. The molecule has 4 N–H and O–H groups in total. The molecule has 176 valence electrons.